The first-order chi connectivity index (χ1) is 13.7. The third-order valence-electron chi connectivity index (χ3n) is 4.58. The van der Waals surface area contributed by atoms with Crippen LogP contribution in [-0.2, 0) is 17.5 Å². The molecule has 1 atom stereocenters. The lowest BCUT2D eigenvalue weighted by molar-refractivity contribution is -0.137. The van der Waals surface area contributed by atoms with Gasteiger partial charge in [0.25, 0.3) is 0 Å². The molecule has 0 aliphatic carbocycles. The van der Waals surface area contributed by atoms with Crippen molar-refractivity contribution >= 4 is 46.2 Å². The molecular formula is C20H19Cl2F3N2OS. The molecule has 0 aromatic heterocycles. The number of rotatable bonds is 5. The van der Waals surface area contributed by atoms with E-state index in [1.54, 1.807) is 6.07 Å². The average Bonchev–Trinajstić information content (AvgIpc) is 3.16. The third-order valence-corrected chi connectivity index (χ3v) is 5.64. The number of thiocarbonyl (C=S) groups is 1. The lowest BCUT2D eigenvalue weighted by Gasteiger charge is -2.29. The SMILES string of the molecule is FC(F)(F)c1cc(NC(=S)N(Cc2ccccc2Cl)C[C@@H]2CCCO2)ccc1Cl. The van der Waals surface area contributed by atoms with Crippen LogP contribution in [0.4, 0.5) is 18.9 Å². The number of alkyl halides is 3. The molecule has 1 aliphatic rings. The van der Waals surface area contributed by atoms with E-state index in [-0.39, 0.29) is 21.9 Å². The van der Waals surface area contributed by atoms with Crippen LogP contribution in [0.1, 0.15) is 24.0 Å². The number of ether oxygens (including phenoxy) is 1. The Hall–Kier alpha value is -1.54. The van der Waals surface area contributed by atoms with Crippen LogP contribution in [0.5, 0.6) is 0 Å². The van der Waals surface area contributed by atoms with Crippen LogP contribution in [0, 0.1) is 0 Å². The number of nitrogens with one attached hydrogen (secondary N) is 1. The van der Waals surface area contributed by atoms with Gasteiger partial charge in [-0.25, -0.2) is 0 Å². The monoisotopic (exact) mass is 462 g/mol. The van der Waals surface area contributed by atoms with Crippen LogP contribution in [0.15, 0.2) is 42.5 Å². The summed E-state index contributed by atoms with van der Waals surface area (Å²) >= 11 is 17.5. The molecule has 1 aliphatic heterocycles. The quantitative estimate of drug-likeness (QED) is 0.520. The maximum Gasteiger partial charge on any atom is 0.417 e. The highest BCUT2D eigenvalue weighted by Crippen LogP contribution is 2.36. The molecule has 1 N–H and O–H groups in total. The molecule has 9 heteroatoms. The van der Waals surface area contributed by atoms with Crippen molar-refractivity contribution in [3.8, 4) is 0 Å². The van der Waals surface area contributed by atoms with E-state index in [0.29, 0.717) is 24.7 Å². The van der Waals surface area contributed by atoms with Gasteiger partial charge in [0.05, 0.1) is 16.7 Å². The van der Waals surface area contributed by atoms with Gasteiger partial charge < -0.3 is 15.0 Å². The largest absolute Gasteiger partial charge is 0.417 e. The fourth-order valence-corrected chi connectivity index (χ4v) is 3.79. The van der Waals surface area contributed by atoms with Gasteiger partial charge in [-0.2, -0.15) is 13.2 Å². The lowest BCUT2D eigenvalue weighted by atomic mass is 10.1. The van der Waals surface area contributed by atoms with Crippen LogP contribution >= 0.6 is 35.4 Å². The molecule has 0 spiro atoms. The summed E-state index contributed by atoms with van der Waals surface area (Å²) in [7, 11) is 0. The van der Waals surface area contributed by atoms with Crippen LogP contribution in [0.2, 0.25) is 10.0 Å². The maximum atomic E-state index is 13.1. The Morgan fingerprint density at radius 1 is 1.17 bits per heavy atom. The molecule has 1 heterocycles. The number of nitrogens with zero attached hydrogens (tertiary/aromatic N) is 1. The molecule has 0 unspecified atom stereocenters. The summed E-state index contributed by atoms with van der Waals surface area (Å²) in [5, 5.41) is 3.42. The van der Waals surface area contributed by atoms with E-state index in [1.165, 1.54) is 12.1 Å². The molecule has 0 bridgehead atoms. The van der Waals surface area contributed by atoms with Crippen LogP contribution in [0.25, 0.3) is 0 Å². The van der Waals surface area contributed by atoms with Crippen molar-refractivity contribution < 1.29 is 17.9 Å². The second-order valence-corrected chi connectivity index (χ2v) is 7.93. The summed E-state index contributed by atoms with van der Waals surface area (Å²) in [6, 6.07) is 11.0. The Labute approximate surface area is 182 Å². The molecule has 1 fully saturated rings. The van der Waals surface area contributed by atoms with Gasteiger partial charge >= 0.3 is 6.18 Å². The number of hydrogen-bond acceptors (Lipinski definition) is 2. The Kier molecular flexibility index (Phi) is 7.27. The summed E-state index contributed by atoms with van der Waals surface area (Å²) < 4.78 is 45.1. The first-order valence-corrected chi connectivity index (χ1v) is 10.2. The molecule has 0 radical (unpaired) electrons. The van der Waals surface area contributed by atoms with E-state index in [2.05, 4.69) is 5.32 Å². The number of benzene rings is 2. The van der Waals surface area contributed by atoms with E-state index in [0.717, 1.165) is 24.5 Å². The van der Waals surface area contributed by atoms with Gasteiger partial charge in [0, 0.05) is 30.4 Å². The van der Waals surface area contributed by atoms with Crippen molar-refractivity contribution in [2.24, 2.45) is 0 Å². The van der Waals surface area contributed by atoms with Crippen LogP contribution in [-0.4, -0.2) is 29.3 Å². The van der Waals surface area contributed by atoms with E-state index in [4.69, 9.17) is 40.2 Å². The molecule has 0 saturated carbocycles. The van der Waals surface area contributed by atoms with Crippen LogP contribution in [0.3, 0.4) is 0 Å². The normalized spacial score (nSPS) is 16.7. The summed E-state index contributed by atoms with van der Waals surface area (Å²) in [5.74, 6) is 0. The van der Waals surface area contributed by atoms with Crippen molar-refractivity contribution in [3.63, 3.8) is 0 Å². The molecule has 2 aromatic carbocycles. The number of halogens is 5. The fraction of sp³-hybridized carbons (Fsp3) is 0.350. The molecular weight excluding hydrogens is 444 g/mol. The standard InChI is InChI=1S/C20H19Cl2F3N2OS/c21-17-6-2-1-4-13(17)11-27(12-15-5-3-9-28-15)19(29)26-14-7-8-18(22)16(10-14)20(23,24)25/h1-2,4,6-8,10,15H,3,5,9,11-12H2,(H,26,29)/t15-/m0/s1. The Bertz CT molecular complexity index is 873. The summed E-state index contributed by atoms with van der Waals surface area (Å²) in [5.41, 5.74) is 0.162. The second-order valence-electron chi connectivity index (χ2n) is 6.73. The highest BCUT2D eigenvalue weighted by Gasteiger charge is 2.33. The zero-order valence-electron chi connectivity index (χ0n) is 15.3. The zero-order valence-corrected chi connectivity index (χ0v) is 17.6. The van der Waals surface area contributed by atoms with Crippen molar-refractivity contribution in [2.75, 3.05) is 18.5 Å². The Balaban J connectivity index is 1.79. The van der Waals surface area contributed by atoms with Gasteiger partial charge in [0.1, 0.15) is 0 Å². The smallest absolute Gasteiger partial charge is 0.376 e. The maximum absolute atomic E-state index is 13.1. The second kappa shape index (κ2) is 9.51. The first-order valence-electron chi connectivity index (χ1n) is 9.01. The lowest BCUT2D eigenvalue weighted by Crippen LogP contribution is -2.39. The topological polar surface area (TPSA) is 24.5 Å². The van der Waals surface area contributed by atoms with E-state index in [1.807, 2.05) is 23.1 Å². The van der Waals surface area contributed by atoms with E-state index < -0.39 is 11.7 Å². The minimum atomic E-state index is -4.55. The first kappa shape index (κ1) is 22.2. The fourth-order valence-electron chi connectivity index (χ4n) is 3.11. The average molecular weight is 463 g/mol. The highest BCUT2D eigenvalue weighted by molar-refractivity contribution is 7.80. The van der Waals surface area contributed by atoms with Crippen molar-refractivity contribution in [1.29, 1.82) is 0 Å². The molecule has 156 valence electrons. The van der Waals surface area contributed by atoms with Crippen molar-refractivity contribution in [2.45, 2.75) is 31.7 Å². The predicted molar refractivity (Wildman–Crippen MR) is 114 cm³/mol. The third kappa shape index (κ3) is 5.98. The van der Waals surface area contributed by atoms with Gasteiger partial charge in [-0.1, -0.05) is 41.4 Å². The molecule has 3 nitrogen and oxygen atoms in total. The molecule has 0 amide bonds. The molecule has 1 saturated heterocycles. The van der Waals surface area contributed by atoms with Crippen molar-refractivity contribution in [3.05, 3.63) is 63.6 Å². The molecule has 29 heavy (non-hydrogen) atoms. The minimum absolute atomic E-state index is 0.00758. The summed E-state index contributed by atoms with van der Waals surface area (Å²) in [6.07, 6.45) is -2.67. The van der Waals surface area contributed by atoms with Gasteiger partial charge in [0.2, 0.25) is 0 Å². The van der Waals surface area contributed by atoms with Gasteiger partial charge in [-0.05, 0) is 54.9 Å². The molecule has 3 rings (SSSR count). The number of anilines is 1. The van der Waals surface area contributed by atoms with Crippen LogP contribution < -0.4 is 5.32 Å². The Morgan fingerprint density at radius 3 is 2.59 bits per heavy atom. The highest BCUT2D eigenvalue weighted by atomic mass is 35.5. The molecule has 2 aromatic rings. The van der Waals surface area contributed by atoms with E-state index >= 15 is 0 Å². The van der Waals surface area contributed by atoms with Gasteiger partial charge in [0.15, 0.2) is 5.11 Å². The van der Waals surface area contributed by atoms with Gasteiger partial charge in [-0.15, -0.1) is 0 Å². The zero-order chi connectivity index (χ0) is 21.0. The minimum Gasteiger partial charge on any atom is -0.376 e. The van der Waals surface area contributed by atoms with Gasteiger partial charge in [-0.3, -0.25) is 0 Å². The summed E-state index contributed by atoms with van der Waals surface area (Å²) in [4.78, 5) is 1.86. The Morgan fingerprint density at radius 2 is 1.93 bits per heavy atom. The van der Waals surface area contributed by atoms with E-state index in [9.17, 15) is 13.2 Å². The number of hydrogen-bond donors (Lipinski definition) is 1. The van der Waals surface area contributed by atoms with Crippen molar-refractivity contribution in [1.82, 2.24) is 4.90 Å². The predicted octanol–water partition coefficient (Wildman–Crippen LogP) is 6.39. The summed E-state index contributed by atoms with van der Waals surface area (Å²) in [6.45, 7) is 1.61.